The number of nitrogens with one attached hydrogen (secondary N) is 1. The second kappa shape index (κ2) is 8.70. The van der Waals surface area contributed by atoms with E-state index in [0.717, 1.165) is 58.1 Å². The summed E-state index contributed by atoms with van der Waals surface area (Å²) in [5, 5.41) is 3.47. The second-order valence-electron chi connectivity index (χ2n) is 7.70. The molecule has 3 fully saturated rings. The highest BCUT2D eigenvalue weighted by atomic mass is 16.2. The minimum absolute atomic E-state index is 0.00921. The van der Waals surface area contributed by atoms with E-state index in [1.807, 2.05) is 4.90 Å². The number of aliphatic imine (C=N–C) groups is 1. The first-order valence-electron chi connectivity index (χ1n) is 9.79. The molecule has 8 heteroatoms. The van der Waals surface area contributed by atoms with E-state index in [1.165, 1.54) is 12.8 Å². The molecule has 0 radical (unpaired) electrons. The van der Waals surface area contributed by atoms with Gasteiger partial charge in [0.1, 0.15) is 6.54 Å². The molecule has 0 unspecified atom stereocenters. The van der Waals surface area contributed by atoms with Crippen LogP contribution >= 0.6 is 0 Å². The Labute approximate surface area is 156 Å². The number of rotatable bonds is 5. The maximum absolute atomic E-state index is 12.3. The fourth-order valence-electron chi connectivity index (χ4n) is 3.31. The van der Waals surface area contributed by atoms with E-state index in [0.29, 0.717) is 12.6 Å². The van der Waals surface area contributed by atoms with E-state index in [-0.39, 0.29) is 18.4 Å². The van der Waals surface area contributed by atoms with Gasteiger partial charge in [0.15, 0.2) is 5.96 Å². The highest BCUT2D eigenvalue weighted by Crippen LogP contribution is 2.19. The minimum atomic E-state index is 0.00921. The Bertz CT molecular complexity index is 532. The van der Waals surface area contributed by atoms with E-state index < -0.39 is 0 Å². The molecule has 0 atom stereocenters. The lowest BCUT2D eigenvalue weighted by molar-refractivity contribution is -0.131. The molecule has 2 saturated heterocycles. The molecule has 1 N–H and O–H groups in total. The maximum atomic E-state index is 12.3. The third-order valence-electron chi connectivity index (χ3n) is 5.26. The molecule has 2 heterocycles. The molecular weight excluding hydrogens is 332 g/mol. The van der Waals surface area contributed by atoms with Crippen molar-refractivity contribution in [2.24, 2.45) is 4.99 Å². The van der Waals surface area contributed by atoms with Gasteiger partial charge in [0, 0.05) is 59.4 Å². The van der Waals surface area contributed by atoms with E-state index in [9.17, 15) is 9.59 Å². The van der Waals surface area contributed by atoms with Gasteiger partial charge in [0.05, 0.1) is 6.54 Å². The number of hydrogen-bond donors (Lipinski definition) is 1. The van der Waals surface area contributed by atoms with Crippen molar-refractivity contribution >= 4 is 17.8 Å². The minimum Gasteiger partial charge on any atom is -0.353 e. The third kappa shape index (κ3) is 5.33. The van der Waals surface area contributed by atoms with Crippen LogP contribution in [-0.4, -0.2) is 110 Å². The highest BCUT2D eigenvalue weighted by Gasteiger charge is 2.28. The van der Waals surface area contributed by atoms with Gasteiger partial charge >= 0.3 is 0 Å². The second-order valence-corrected chi connectivity index (χ2v) is 7.70. The predicted molar refractivity (Wildman–Crippen MR) is 101 cm³/mol. The first kappa shape index (κ1) is 18.9. The van der Waals surface area contributed by atoms with Crippen molar-refractivity contribution in [3.8, 4) is 0 Å². The molecular formula is C18H32N6O2. The van der Waals surface area contributed by atoms with Crippen LogP contribution in [0.2, 0.25) is 0 Å². The van der Waals surface area contributed by atoms with E-state index in [2.05, 4.69) is 20.1 Å². The van der Waals surface area contributed by atoms with Gasteiger partial charge in [0.2, 0.25) is 11.8 Å². The summed E-state index contributed by atoms with van der Waals surface area (Å²) in [5.41, 5.74) is 0. The van der Waals surface area contributed by atoms with Gasteiger partial charge in [-0.3, -0.25) is 14.5 Å². The van der Waals surface area contributed by atoms with Gasteiger partial charge in [-0.15, -0.1) is 0 Å². The summed E-state index contributed by atoms with van der Waals surface area (Å²) >= 11 is 0. The molecule has 2 amide bonds. The summed E-state index contributed by atoms with van der Waals surface area (Å²) in [7, 11) is 3.50. The zero-order valence-corrected chi connectivity index (χ0v) is 16.1. The van der Waals surface area contributed by atoms with Crippen molar-refractivity contribution in [3.05, 3.63) is 0 Å². The summed E-state index contributed by atoms with van der Waals surface area (Å²) < 4.78 is 0. The molecule has 8 nitrogen and oxygen atoms in total. The Balaban J connectivity index is 1.49. The molecule has 0 aromatic carbocycles. The normalized spacial score (nSPS) is 21.8. The predicted octanol–water partition coefficient (Wildman–Crippen LogP) is -0.577. The number of carbonyl (C=O) groups excluding carboxylic acids is 2. The molecule has 2 aliphatic heterocycles. The number of guanidine groups is 1. The molecule has 0 bridgehead atoms. The Kier molecular flexibility index (Phi) is 6.34. The number of likely N-dealkylation sites (N-methyl/N-ethyl adjacent to an activating group) is 1. The summed E-state index contributed by atoms with van der Waals surface area (Å²) in [6.45, 7) is 5.91. The number of nitrogens with zero attached hydrogens (tertiary/aromatic N) is 5. The maximum Gasteiger partial charge on any atom is 0.243 e. The van der Waals surface area contributed by atoms with E-state index in [4.69, 9.17) is 0 Å². The lowest BCUT2D eigenvalue weighted by Gasteiger charge is -2.36. The standard InChI is InChI=1S/C18H32N6O2/c1-21(2)16(25)13-19-18(20-15-5-6-15)24-11-9-22(10-12-24)14-17(26)23-7-3-4-8-23/h15H,3-14H2,1-2H3,(H,19,20). The van der Waals surface area contributed by atoms with Gasteiger partial charge < -0.3 is 20.0 Å². The fraction of sp³-hybridized carbons (Fsp3) is 0.833. The molecule has 0 aromatic heterocycles. The summed E-state index contributed by atoms with van der Waals surface area (Å²) in [6, 6.07) is 0.498. The molecule has 0 spiro atoms. The molecule has 3 rings (SSSR count). The third-order valence-corrected chi connectivity index (χ3v) is 5.26. The summed E-state index contributed by atoms with van der Waals surface area (Å²) in [6.07, 6.45) is 4.62. The summed E-state index contributed by atoms with van der Waals surface area (Å²) in [4.78, 5) is 36.7. The first-order valence-corrected chi connectivity index (χ1v) is 9.79. The molecule has 1 aliphatic carbocycles. The van der Waals surface area contributed by atoms with Gasteiger partial charge in [-0.2, -0.15) is 0 Å². The quantitative estimate of drug-likeness (QED) is 0.522. The lowest BCUT2D eigenvalue weighted by atomic mass is 10.3. The number of hydrogen-bond acceptors (Lipinski definition) is 4. The topological polar surface area (TPSA) is 71.5 Å². The van der Waals surface area contributed by atoms with E-state index >= 15 is 0 Å². The van der Waals surface area contributed by atoms with Crippen LogP contribution in [0.1, 0.15) is 25.7 Å². The number of likely N-dealkylation sites (tertiary alicyclic amines) is 1. The zero-order chi connectivity index (χ0) is 18.5. The highest BCUT2D eigenvalue weighted by molar-refractivity contribution is 5.85. The average Bonchev–Trinajstić information content (AvgIpc) is 3.27. The lowest BCUT2D eigenvalue weighted by Crippen LogP contribution is -2.54. The van der Waals surface area contributed by atoms with Gasteiger partial charge in [-0.25, -0.2) is 4.99 Å². The Morgan fingerprint density at radius 2 is 1.65 bits per heavy atom. The SMILES string of the molecule is CN(C)C(=O)CN=C(NC1CC1)N1CCN(CC(=O)N2CCCC2)CC1. The van der Waals surface area contributed by atoms with Crippen LogP contribution in [0.15, 0.2) is 4.99 Å². The number of amides is 2. The summed E-state index contributed by atoms with van der Waals surface area (Å²) in [5.74, 6) is 1.11. The van der Waals surface area contributed by atoms with Crippen molar-refractivity contribution < 1.29 is 9.59 Å². The Hall–Kier alpha value is -1.83. The van der Waals surface area contributed by atoms with Crippen LogP contribution in [-0.2, 0) is 9.59 Å². The van der Waals surface area contributed by atoms with E-state index in [1.54, 1.807) is 19.0 Å². The van der Waals surface area contributed by atoms with Crippen LogP contribution in [0.4, 0.5) is 0 Å². The Morgan fingerprint density at radius 1 is 1.00 bits per heavy atom. The number of carbonyl (C=O) groups is 2. The Morgan fingerprint density at radius 3 is 2.23 bits per heavy atom. The van der Waals surface area contributed by atoms with Crippen LogP contribution in [0, 0.1) is 0 Å². The van der Waals surface area contributed by atoms with Crippen molar-refractivity contribution in [1.29, 1.82) is 0 Å². The van der Waals surface area contributed by atoms with Crippen LogP contribution in [0.25, 0.3) is 0 Å². The largest absolute Gasteiger partial charge is 0.353 e. The molecule has 0 aromatic rings. The van der Waals surface area contributed by atoms with Crippen LogP contribution < -0.4 is 5.32 Å². The molecule has 3 aliphatic rings. The fourth-order valence-corrected chi connectivity index (χ4v) is 3.31. The average molecular weight is 364 g/mol. The van der Waals surface area contributed by atoms with Gasteiger partial charge in [-0.1, -0.05) is 0 Å². The number of piperazine rings is 1. The monoisotopic (exact) mass is 364 g/mol. The van der Waals surface area contributed by atoms with Crippen molar-refractivity contribution in [2.45, 2.75) is 31.7 Å². The van der Waals surface area contributed by atoms with Gasteiger partial charge in [-0.05, 0) is 25.7 Å². The van der Waals surface area contributed by atoms with Crippen LogP contribution in [0.5, 0.6) is 0 Å². The van der Waals surface area contributed by atoms with Crippen LogP contribution in [0.3, 0.4) is 0 Å². The zero-order valence-electron chi connectivity index (χ0n) is 16.1. The molecule has 1 saturated carbocycles. The van der Waals surface area contributed by atoms with Crippen molar-refractivity contribution in [3.63, 3.8) is 0 Å². The smallest absolute Gasteiger partial charge is 0.243 e. The van der Waals surface area contributed by atoms with Crippen molar-refractivity contribution in [1.82, 2.24) is 24.9 Å². The van der Waals surface area contributed by atoms with Crippen molar-refractivity contribution in [2.75, 3.05) is 66.5 Å². The van der Waals surface area contributed by atoms with Gasteiger partial charge in [0.25, 0.3) is 0 Å². The molecule has 26 heavy (non-hydrogen) atoms. The molecule has 146 valence electrons. The first-order chi connectivity index (χ1) is 12.5.